The highest BCUT2D eigenvalue weighted by molar-refractivity contribution is 5.80. The highest BCUT2D eigenvalue weighted by Gasteiger charge is 2.23. The van der Waals surface area contributed by atoms with E-state index in [1.54, 1.807) is 6.07 Å². The van der Waals surface area contributed by atoms with E-state index in [0.717, 1.165) is 53.7 Å². The number of aromatic nitrogens is 2. The SMILES string of the molecule is O=C(O)CC1CCC(c2ccc(-c3ccc(-c4nc5ccc(F)cc5[nH]4)cc3)cc2)CC1. The second-order valence-corrected chi connectivity index (χ2v) is 8.76. The predicted octanol–water partition coefficient (Wildman–Crippen LogP) is 6.78. The molecule has 0 atom stereocenters. The number of H-pyrrole nitrogens is 1. The number of imidazole rings is 1. The van der Waals surface area contributed by atoms with E-state index >= 15 is 0 Å². The number of hydrogen-bond donors (Lipinski definition) is 2. The molecule has 4 aromatic rings. The first-order valence-electron chi connectivity index (χ1n) is 11.1. The van der Waals surface area contributed by atoms with Gasteiger partial charge in [-0.05, 0) is 72.4 Å². The van der Waals surface area contributed by atoms with Crippen molar-refractivity contribution in [1.82, 2.24) is 9.97 Å². The lowest BCUT2D eigenvalue weighted by atomic mass is 9.77. The zero-order valence-electron chi connectivity index (χ0n) is 17.7. The average Bonchev–Trinajstić information content (AvgIpc) is 3.23. The monoisotopic (exact) mass is 428 g/mol. The summed E-state index contributed by atoms with van der Waals surface area (Å²) >= 11 is 0. The van der Waals surface area contributed by atoms with Crippen LogP contribution in [0.1, 0.15) is 43.6 Å². The second kappa shape index (κ2) is 8.58. The smallest absolute Gasteiger partial charge is 0.303 e. The third kappa shape index (κ3) is 4.28. The summed E-state index contributed by atoms with van der Waals surface area (Å²) in [5.41, 5.74) is 6.03. The molecule has 4 nitrogen and oxygen atoms in total. The minimum atomic E-state index is -0.682. The van der Waals surface area contributed by atoms with Crippen molar-refractivity contribution < 1.29 is 14.3 Å². The van der Waals surface area contributed by atoms with Crippen LogP contribution < -0.4 is 0 Å². The number of aliphatic carboxylic acids is 1. The summed E-state index contributed by atoms with van der Waals surface area (Å²) in [5.74, 6) is 0.616. The van der Waals surface area contributed by atoms with Crippen molar-refractivity contribution in [2.45, 2.75) is 38.0 Å². The Kier molecular flexibility index (Phi) is 5.48. The van der Waals surface area contributed by atoms with Crippen molar-refractivity contribution in [2.24, 2.45) is 5.92 Å². The van der Waals surface area contributed by atoms with Gasteiger partial charge in [0.1, 0.15) is 11.6 Å². The van der Waals surface area contributed by atoms with Gasteiger partial charge in [-0.1, -0.05) is 48.5 Å². The van der Waals surface area contributed by atoms with E-state index < -0.39 is 5.97 Å². The fraction of sp³-hybridized carbons (Fsp3) is 0.259. The third-order valence-electron chi connectivity index (χ3n) is 6.63. The number of rotatable bonds is 5. The maximum Gasteiger partial charge on any atom is 0.303 e. The zero-order chi connectivity index (χ0) is 22.1. The Balaban J connectivity index is 1.27. The molecule has 1 aliphatic carbocycles. The lowest BCUT2D eigenvalue weighted by Crippen LogP contribution is -2.16. The molecule has 0 unspecified atom stereocenters. The van der Waals surface area contributed by atoms with Crippen molar-refractivity contribution >= 4 is 17.0 Å². The normalized spacial score (nSPS) is 18.7. The van der Waals surface area contributed by atoms with Gasteiger partial charge < -0.3 is 10.1 Å². The number of nitrogens with zero attached hydrogens (tertiary/aromatic N) is 1. The van der Waals surface area contributed by atoms with Gasteiger partial charge in [-0.2, -0.15) is 0 Å². The van der Waals surface area contributed by atoms with Crippen LogP contribution in [0.2, 0.25) is 0 Å². The van der Waals surface area contributed by atoms with E-state index in [4.69, 9.17) is 5.11 Å². The summed E-state index contributed by atoms with van der Waals surface area (Å²) in [4.78, 5) is 18.7. The highest BCUT2D eigenvalue weighted by Crippen LogP contribution is 2.37. The number of fused-ring (bicyclic) bond motifs is 1. The van der Waals surface area contributed by atoms with Gasteiger partial charge in [0.05, 0.1) is 11.0 Å². The molecule has 5 rings (SSSR count). The Bertz CT molecular complexity index is 1240. The molecule has 32 heavy (non-hydrogen) atoms. The maximum atomic E-state index is 13.4. The maximum absolute atomic E-state index is 13.4. The minimum absolute atomic E-state index is 0.278. The first-order chi connectivity index (χ1) is 15.5. The topological polar surface area (TPSA) is 66.0 Å². The number of carbonyl (C=O) groups is 1. The summed E-state index contributed by atoms with van der Waals surface area (Å²) in [6, 6.07) is 21.5. The molecule has 5 heteroatoms. The van der Waals surface area contributed by atoms with Crippen LogP contribution in [0.25, 0.3) is 33.5 Å². The standard InChI is InChI=1S/C27H25FN2O2/c28-23-13-14-24-25(16-23)30-27(29-24)22-11-9-21(10-12-22)20-7-5-19(6-8-20)18-3-1-17(2-4-18)15-26(31)32/h5-14,16-18H,1-4,15H2,(H,29,30)(H,31,32). The molecule has 0 spiro atoms. The van der Waals surface area contributed by atoms with Crippen LogP contribution in [0.5, 0.6) is 0 Å². The first kappa shape index (κ1) is 20.4. The molecule has 162 valence electrons. The van der Waals surface area contributed by atoms with Crippen molar-refractivity contribution in [3.05, 3.63) is 78.1 Å². The number of aromatic amines is 1. The van der Waals surface area contributed by atoms with Crippen molar-refractivity contribution in [1.29, 1.82) is 0 Å². The summed E-state index contributed by atoms with van der Waals surface area (Å²) in [7, 11) is 0. The summed E-state index contributed by atoms with van der Waals surface area (Å²) in [6.07, 6.45) is 4.41. The molecule has 0 radical (unpaired) electrons. The van der Waals surface area contributed by atoms with Crippen LogP contribution in [0.4, 0.5) is 4.39 Å². The largest absolute Gasteiger partial charge is 0.481 e. The van der Waals surface area contributed by atoms with Gasteiger partial charge in [0.2, 0.25) is 0 Å². The summed E-state index contributed by atoms with van der Waals surface area (Å²) < 4.78 is 13.4. The van der Waals surface area contributed by atoms with Crippen molar-refractivity contribution in [3.63, 3.8) is 0 Å². The molecule has 0 saturated heterocycles. The third-order valence-corrected chi connectivity index (χ3v) is 6.63. The van der Waals surface area contributed by atoms with E-state index in [9.17, 15) is 9.18 Å². The van der Waals surface area contributed by atoms with Gasteiger partial charge in [0.15, 0.2) is 0 Å². The van der Waals surface area contributed by atoms with E-state index in [1.807, 2.05) is 12.1 Å². The Morgan fingerprint density at radius 2 is 1.53 bits per heavy atom. The summed E-state index contributed by atoms with van der Waals surface area (Å²) in [5, 5.41) is 8.99. The van der Waals surface area contributed by atoms with E-state index in [2.05, 4.69) is 46.4 Å². The fourth-order valence-corrected chi connectivity index (χ4v) is 4.83. The molecular formula is C27H25FN2O2. The average molecular weight is 429 g/mol. The Morgan fingerprint density at radius 3 is 2.19 bits per heavy atom. The van der Waals surface area contributed by atoms with Gasteiger partial charge in [-0.3, -0.25) is 4.79 Å². The van der Waals surface area contributed by atoms with E-state index in [0.29, 0.717) is 23.8 Å². The van der Waals surface area contributed by atoms with E-state index in [1.165, 1.54) is 17.7 Å². The fourth-order valence-electron chi connectivity index (χ4n) is 4.83. The van der Waals surface area contributed by atoms with Crippen LogP contribution >= 0.6 is 0 Å². The van der Waals surface area contributed by atoms with Gasteiger partial charge in [-0.15, -0.1) is 0 Å². The van der Waals surface area contributed by atoms with Crippen molar-refractivity contribution in [2.75, 3.05) is 0 Å². The van der Waals surface area contributed by atoms with Gasteiger partial charge >= 0.3 is 5.97 Å². The predicted molar refractivity (Wildman–Crippen MR) is 124 cm³/mol. The van der Waals surface area contributed by atoms with Gasteiger partial charge in [0, 0.05) is 12.0 Å². The minimum Gasteiger partial charge on any atom is -0.481 e. The number of halogens is 1. The lowest BCUT2D eigenvalue weighted by Gasteiger charge is -2.28. The molecule has 3 aromatic carbocycles. The molecule has 1 saturated carbocycles. The van der Waals surface area contributed by atoms with Crippen LogP contribution in [0.15, 0.2) is 66.7 Å². The molecule has 1 fully saturated rings. The molecule has 0 amide bonds. The second-order valence-electron chi connectivity index (χ2n) is 8.76. The highest BCUT2D eigenvalue weighted by atomic mass is 19.1. The summed E-state index contributed by atoms with van der Waals surface area (Å²) in [6.45, 7) is 0. The number of carboxylic acids is 1. The number of nitrogens with one attached hydrogen (secondary N) is 1. The molecule has 0 aliphatic heterocycles. The van der Waals surface area contributed by atoms with Crippen LogP contribution in [-0.4, -0.2) is 21.0 Å². The quantitative estimate of drug-likeness (QED) is 0.368. The molecule has 0 bridgehead atoms. The lowest BCUT2D eigenvalue weighted by molar-refractivity contribution is -0.138. The molecular weight excluding hydrogens is 403 g/mol. The number of carboxylic acid groups (broad SMARTS) is 1. The Morgan fingerprint density at radius 1 is 0.906 bits per heavy atom. The van der Waals surface area contributed by atoms with Crippen molar-refractivity contribution in [3.8, 4) is 22.5 Å². The molecule has 1 aromatic heterocycles. The number of benzene rings is 3. The van der Waals surface area contributed by atoms with Crippen LogP contribution in [0, 0.1) is 11.7 Å². The van der Waals surface area contributed by atoms with Crippen LogP contribution in [0.3, 0.4) is 0 Å². The zero-order valence-corrected chi connectivity index (χ0v) is 17.7. The van der Waals surface area contributed by atoms with E-state index in [-0.39, 0.29) is 5.82 Å². The Hall–Kier alpha value is -3.47. The molecule has 1 aliphatic rings. The molecule has 2 N–H and O–H groups in total. The first-order valence-corrected chi connectivity index (χ1v) is 11.1. The van der Waals surface area contributed by atoms with Crippen LogP contribution in [-0.2, 0) is 4.79 Å². The molecule has 1 heterocycles. The Labute approximate surface area is 186 Å². The number of hydrogen-bond acceptors (Lipinski definition) is 2. The van der Waals surface area contributed by atoms with Gasteiger partial charge in [-0.25, -0.2) is 9.37 Å². The van der Waals surface area contributed by atoms with Gasteiger partial charge in [0.25, 0.3) is 0 Å².